The molecule has 10 nitrogen and oxygen atoms in total. The van der Waals surface area contributed by atoms with E-state index in [1.54, 1.807) is 18.2 Å². The second kappa shape index (κ2) is 7.21. The fourth-order valence-electron chi connectivity index (χ4n) is 2.51. The molecule has 0 saturated heterocycles. The van der Waals surface area contributed by atoms with Gasteiger partial charge in [0.05, 0.1) is 21.6 Å². The van der Waals surface area contributed by atoms with Gasteiger partial charge in [-0.1, -0.05) is 12.1 Å². The summed E-state index contributed by atoms with van der Waals surface area (Å²) in [4.78, 5) is 10.1. The number of fused-ring (bicyclic) bond motifs is 1. The van der Waals surface area contributed by atoms with Gasteiger partial charge in [-0.2, -0.15) is 0 Å². The summed E-state index contributed by atoms with van der Waals surface area (Å²) in [5.74, 6) is -0.421. The molecule has 0 fully saturated rings. The lowest BCUT2D eigenvalue weighted by Gasteiger charge is -2.08. The van der Waals surface area contributed by atoms with Crippen molar-refractivity contribution in [3.63, 3.8) is 0 Å². The monoisotopic (exact) mass is 401 g/mol. The predicted molar refractivity (Wildman–Crippen MR) is 104 cm³/mol. The van der Waals surface area contributed by atoms with Gasteiger partial charge in [0, 0.05) is 11.5 Å². The first-order chi connectivity index (χ1) is 13.2. The number of rotatable bonds is 5. The number of benzene rings is 3. The minimum atomic E-state index is -3.67. The van der Waals surface area contributed by atoms with Gasteiger partial charge in [0.1, 0.15) is 17.1 Å². The van der Waals surface area contributed by atoms with Gasteiger partial charge < -0.3 is 10.8 Å². The van der Waals surface area contributed by atoms with E-state index >= 15 is 0 Å². The third kappa shape index (κ3) is 3.61. The standard InChI is InChI=1S/C17H15N5O5S/c1-19-28(26,27)12-5-2-10-3-6-14(18)17(13(10)9-12)21-20-15-7-4-11(22(24)25)8-16(15)23/h2-9,19,23H,18H2,1H3. The van der Waals surface area contributed by atoms with E-state index < -0.39 is 20.7 Å². The molecule has 0 amide bonds. The van der Waals surface area contributed by atoms with Crippen LogP contribution in [0.1, 0.15) is 0 Å². The summed E-state index contributed by atoms with van der Waals surface area (Å²) in [6.07, 6.45) is 0. The van der Waals surface area contributed by atoms with Gasteiger partial charge in [0.2, 0.25) is 10.0 Å². The molecule has 144 valence electrons. The molecule has 0 spiro atoms. The minimum absolute atomic E-state index is 0.000930. The number of nitrogens with one attached hydrogen (secondary N) is 1. The first kappa shape index (κ1) is 19.2. The van der Waals surface area contributed by atoms with Gasteiger partial charge in [-0.15, -0.1) is 10.2 Å². The summed E-state index contributed by atoms with van der Waals surface area (Å²) >= 11 is 0. The fraction of sp³-hybridized carbons (Fsp3) is 0.0588. The van der Waals surface area contributed by atoms with Crippen molar-refractivity contribution in [2.75, 3.05) is 12.8 Å². The largest absolute Gasteiger partial charge is 0.505 e. The number of nitro benzene ring substituents is 1. The van der Waals surface area contributed by atoms with Crippen LogP contribution in [-0.2, 0) is 10.0 Å². The molecule has 0 aromatic heterocycles. The summed E-state index contributed by atoms with van der Waals surface area (Å²) in [6, 6.07) is 11.2. The molecule has 0 radical (unpaired) electrons. The van der Waals surface area contributed by atoms with E-state index in [1.165, 1.54) is 31.3 Å². The normalized spacial score (nSPS) is 11.9. The number of nitrogens with zero attached hydrogens (tertiary/aromatic N) is 3. The van der Waals surface area contributed by atoms with Crippen LogP contribution in [0, 0.1) is 10.1 Å². The van der Waals surface area contributed by atoms with Crippen LogP contribution in [0.4, 0.5) is 22.7 Å². The number of nitrogens with two attached hydrogens (primary N) is 1. The zero-order valence-electron chi connectivity index (χ0n) is 14.5. The van der Waals surface area contributed by atoms with E-state index in [0.717, 1.165) is 6.07 Å². The van der Waals surface area contributed by atoms with Crippen molar-refractivity contribution < 1.29 is 18.4 Å². The summed E-state index contributed by atoms with van der Waals surface area (Å²) in [7, 11) is -2.37. The summed E-state index contributed by atoms with van der Waals surface area (Å²) in [5, 5.41) is 29.7. The number of hydrogen-bond acceptors (Lipinski definition) is 8. The van der Waals surface area contributed by atoms with Crippen LogP contribution in [-0.4, -0.2) is 25.5 Å². The van der Waals surface area contributed by atoms with Crippen molar-refractivity contribution in [1.82, 2.24) is 4.72 Å². The smallest absolute Gasteiger partial charge is 0.273 e. The number of azo groups is 1. The molecule has 0 aliphatic heterocycles. The van der Waals surface area contributed by atoms with Gasteiger partial charge >= 0.3 is 0 Å². The fourth-order valence-corrected chi connectivity index (χ4v) is 3.27. The molecule has 0 atom stereocenters. The van der Waals surface area contributed by atoms with Crippen molar-refractivity contribution in [2.45, 2.75) is 4.90 Å². The SMILES string of the molecule is CNS(=O)(=O)c1ccc2ccc(N)c(N=Nc3ccc([N+](=O)[O-])cc3O)c2c1. The Morgan fingerprint density at radius 2 is 1.82 bits per heavy atom. The van der Waals surface area contributed by atoms with Crippen molar-refractivity contribution in [1.29, 1.82) is 0 Å². The second-order valence-electron chi connectivity index (χ2n) is 5.72. The van der Waals surface area contributed by atoms with Crippen LogP contribution < -0.4 is 10.5 Å². The molecule has 3 aromatic carbocycles. The third-order valence-corrected chi connectivity index (χ3v) is 5.41. The molecule has 28 heavy (non-hydrogen) atoms. The Morgan fingerprint density at radius 3 is 2.46 bits per heavy atom. The number of aromatic hydroxyl groups is 1. The Kier molecular flexibility index (Phi) is 4.94. The summed E-state index contributed by atoms with van der Waals surface area (Å²) in [5.41, 5.74) is 6.14. The molecular weight excluding hydrogens is 386 g/mol. The maximum absolute atomic E-state index is 12.1. The van der Waals surface area contributed by atoms with Crippen LogP contribution in [0.25, 0.3) is 10.8 Å². The van der Waals surface area contributed by atoms with Crippen molar-refractivity contribution in [3.05, 3.63) is 58.6 Å². The molecule has 0 aliphatic rings. The maximum atomic E-state index is 12.1. The molecule has 0 heterocycles. The van der Waals surface area contributed by atoms with Gasteiger partial charge in [-0.25, -0.2) is 13.1 Å². The summed E-state index contributed by atoms with van der Waals surface area (Å²) < 4.78 is 26.4. The van der Waals surface area contributed by atoms with Crippen molar-refractivity contribution in [2.24, 2.45) is 10.2 Å². The Labute approximate surface area is 159 Å². The second-order valence-corrected chi connectivity index (χ2v) is 7.61. The van der Waals surface area contributed by atoms with Crippen LogP contribution >= 0.6 is 0 Å². The van der Waals surface area contributed by atoms with Gasteiger partial charge in [-0.3, -0.25) is 10.1 Å². The Bertz CT molecular complexity index is 1220. The highest BCUT2D eigenvalue weighted by molar-refractivity contribution is 7.89. The number of nitro groups is 1. The molecule has 0 bridgehead atoms. The lowest BCUT2D eigenvalue weighted by atomic mass is 10.1. The number of anilines is 1. The Hall–Kier alpha value is -3.57. The Morgan fingerprint density at radius 1 is 1.11 bits per heavy atom. The van der Waals surface area contributed by atoms with Gasteiger partial charge in [0.15, 0.2) is 0 Å². The third-order valence-electron chi connectivity index (χ3n) is 4.00. The van der Waals surface area contributed by atoms with Crippen LogP contribution in [0.15, 0.2) is 63.7 Å². The lowest BCUT2D eigenvalue weighted by Crippen LogP contribution is -2.18. The topological polar surface area (TPSA) is 160 Å². The molecule has 3 aromatic rings. The first-order valence-corrected chi connectivity index (χ1v) is 9.36. The Balaban J connectivity index is 2.12. The van der Waals surface area contributed by atoms with E-state index in [2.05, 4.69) is 15.0 Å². The predicted octanol–water partition coefficient (Wildman–Crippen LogP) is 3.36. The molecule has 0 unspecified atom stereocenters. The highest BCUT2D eigenvalue weighted by Gasteiger charge is 2.15. The molecule has 4 N–H and O–H groups in total. The highest BCUT2D eigenvalue weighted by atomic mass is 32.2. The molecule has 11 heteroatoms. The average molecular weight is 401 g/mol. The van der Waals surface area contributed by atoms with Crippen LogP contribution in [0.3, 0.4) is 0 Å². The number of phenols is 1. The van der Waals surface area contributed by atoms with Crippen LogP contribution in [0.2, 0.25) is 0 Å². The van der Waals surface area contributed by atoms with E-state index in [-0.39, 0.29) is 27.6 Å². The number of sulfonamides is 1. The number of non-ortho nitro benzene ring substituents is 1. The van der Waals surface area contributed by atoms with Crippen molar-refractivity contribution >= 4 is 43.5 Å². The van der Waals surface area contributed by atoms with Gasteiger partial charge in [-0.05, 0) is 36.7 Å². The summed E-state index contributed by atoms with van der Waals surface area (Å²) in [6.45, 7) is 0. The van der Waals surface area contributed by atoms with E-state index in [0.29, 0.717) is 10.8 Å². The van der Waals surface area contributed by atoms with Crippen LogP contribution in [0.5, 0.6) is 5.75 Å². The minimum Gasteiger partial charge on any atom is -0.505 e. The quantitative estimate of drug-likeness (QED) is 0.257. The van der Waals surface area contributed by atoms with E-state index in [1.807, 2.05) is 0 Å². The molecular formula is C17H15N5O5S. The number of nitrogen functional groups attached to an aromatic ring is 1. The average Bonchev–Trinajstić information content (AvgIpc) is 2.67. The molecule has 0 aliphatic carbocycles. The van der Waals surface area contributed by atoms with E-state index in [9.17, 15) is 23.6 Å². The zero-order valence-corrected chi connectivity index (χ0v) is 15.3. The van der Waals surface area contributed by atoms with Gasteiger partial charge in [0.25, 0.3) is 5.69 Å². The number of phenolic OH excluding ortho intramolecular Hbond substituents is 1. The maximum Gasteiger partial charge on any atom is 0.273 e. The van der Waals surface area contributed by atoms with E-state index in [4.69, 9.17) is 5.73 Å². The first-order valence-electron chi connectivity index (χ1n) is 7.88. The van der Waals surface area contributed by atoms with Crippen molar-refractivity contribution in [3.8, 4) is 5.75 Å². The highest BCUT2D eigenvalue weighted by Crippen LogP contribution is 2.37. The lowest BCUT2D eigenvalue weighted by molar-refractivity contribution is -0.384. The molecule has 3 rings (SSSR count). The number of hydrogen-bond donors (Lipinski definition) is 3. The molecule has 0 saturated carbocycles. The zero-order chi connectivity index (χ0) is 20.5.